The van der Waals surface area contributed by atoms with Gasteiger partial charge in [-0.2, -0.15) is 10.4 Å². The van der Waals surface area contributed by atoms with E-state index in [-0.39, 0.29) is 5.41 Å². The third-order valence-corrected chi connectivity index (χ3v) is 10.9. The fourth-order valence-electron chi connectivity index (χ4n) is 9.78. The van der Waals surface area contributed by atoms with Crippen LogP contribution in [0.1, 0.15) is 76.5 Å². The lowest BCUT2D eigenvalue weighted by molar-refractivity contribution is -0.104. The largest absolute Gasteiger partial charge is 0.390 e. The van der Waals surface area contributed by atoms with Gasteiger partial charge in [-0.3, -0.25) is 4.68 Å². The van der Waals surface area contributed by atoms with Crippen LogP contribution in [0.2, 0.25) is 0 Å². The minimum Gasteiger partial charge on any atom is -0.390 e. The fraction of sp³-hybridized carbons (Fsp3) is 0.786. The minimum atomic E-state index is -0.461. The molecule has 0 radical (unpaired) electrons. The van der Waals surface area contributed by atoms with Crippen molar-refractivity contribution < 1.29 is 9.90 Å². The van der Waals surface area contributed by atoms with E-state index < -0.39 is 5.60 Å². The number of rotatable bonds is 3. The molecule has 0 spiro atoms. The Bertz CT molecular complexity index is 1060. The van der Waals surface area contributed by atoms with Crippen molar-refractivity contribution in [2.75, 3.05) is 0 Å². The van der Waals surface area contributed by atoms with Crippen molar-refractivity contribution in [1.82, 2.24) is 9.78 Å². The highest BCUT2D eigenvalue weighted by Gasteiger charge is 2.70. The van der Waals surface area contributed by atoms with E-state index in [0.717, 1.165) is 53.7 Å². The second-order valence-electron chi connectivity index (χ2n) is 12.7. The Balaban J connectivity index is 1.25. The van der Waals surface area contributed by atoms with E-state index in [4.69, 9.17) is 0 Å². The van der Waals surface area contributed by atoms with Gasteiger partial charge in [0.15, 0.2) is 0 Å². The molecule has 0 aromatic carbocycles. The molecule has 33 heavy (non-hydrogen) atoms. The number of allylic oxidation sites excluding steroid dienone is 1. The SMILES string of the molecule is Cc1nn(CC(=C=O)[C@H]2[C@H]3C[C@H]3[C@H]3[C@@H]4CC[C@@H]5C[C@](C)(O)CC[C@@H]5[C@H]4CC[C@@]32C)cc1C#N. The molecule has 176 valence electrons. The number of carbonyl (C=O) groups excluding carboxylic acids is 1. The topological polar surface area (TPSA) is 78.9 Å². The van der Waals surface area contributed by atoms with E-state index in [1.54, 1.807) is 10.9 Å². The zero-order valence-corrected chi connectivity index (χ0v) is 20.3. The highest BCUT2D eigenvalue weighted by molar-refractivity contribution is 5.55. The second kappa shape index (κ2) is 7.30. The molecule has 5 nitrogen and oxygen atoms in total. The molecule has 1 aromatic rings. The quantitative estimate of drug-likeness (QED) is 0.682. The molecule has 5 saturated carbocycles. The van der Waals surface area contributed by atoms with Gasteiger partial charge in [-0.15, -0.1) is 0 Å². The number of aromatic nitrogens is 2. The molecule has 1 N–H and O–H groups in total. The van der Waals surface area contributed by atoms with Gasteiger partial charge in [-0.05, 0) is 112 Å². The Hall–Kier alpha value is -1.89. The summed E-state index contributed by atoms with van der Waals surface area (Å²) >= 11 is 0. The lowest BCUT2D eigenvalue weighted by Crippen LogP contribution is -2.51. The summed E-state index contributed by atoms with van der Waals surface area (Å²) in [6, 6.07) is 2.20. The molecule has 0 aliphatic heterocycles. The van der Waals surface area contributed by atoms with E-state index in [2.05, 4.69) is 24.0 Å². The molecule has 0 saturated heterocycles. The number of aryl methyl sites for hydroxylation is 1. The van der Waals surface area contributed by atoms with Crippen molar-refractivity contribution >= 4 is 5.94 Å². The van der Waals surface area contributed by atoms with Gasteiger partial charge < -0.3 is 5.11 Å². The highest BCUT2D eigenvalue weighted by Crippen LogP contribution is 2.75. The van der Waals surface area contributed by atoms with Crippen molar-refractivity contribution in [1.29, 1.82) is 5.26 Å². The van der Waals surface area contributed by atoms with Gasteiger partial charge in [0.25, 0.3) is 0 Å². The molecule has 5 fully saturated rings. The van der Waals surface area contributed by atoms with Crippen molar-refractivity contribution in [2.24, 2.45) is 52.8 Å². The van der Waals surface area contributed by atoms with Gasteiger partial charge in [-0.25, -0.2) is 4.79 Å². The number of fused-ring (bicyclic) bond motifs is 7. The number of nitriles is 1. The normalized spacial score (nSPS) is 47.4. The Morgan fingerprint density at radius 1 is 1.15 bits per heavy atom. The molecule has 5 aliphatic rings. The molecule has 0 unspecified atom stereocenters. The monoisotopic (exact) mass is 447 g/mol. The minimum absolute atomic E-state index is 0.189. The molecule has 1 heterocycles. The fourth-order valence-corrected chi connectivity index (χ4v) is 9.78. The van der Waals surface area contributed by atoms with Crippen molar-refractivity contribution in [3.8, 4) is 6.07 Å². The number of nitrogens with zero attached hydrogens (tertiary/aromatic N) is 3. The van der Waals surface area contributed by atoms with Crippen LogP contribution < -0.4 is 0 Å². The van der Waals surface area contributed by atoms with Crippen molar-refractivity contribution in [2.45, 2.75) is 84.3 Å². The Morgan fingerprint density at radius 3 is 2.67 bits per heavy atom. The first-order valence-corrected chi connectivity index (χ1v) is 13.2. The van der Waals surface area contributed by atoms with E-state index in [1.807, 2.05) is 13.8 Å². The van der Waals surface area contributed by atoms with Gasteiger partial charge in [0, 0.05) is 17.7 Å². The summed E-state index contributed by atoms with van der Waals surface area (Å²) in [5.41, 5.74) is 1.92. The Labute approximate surface area is 197 Å². The second-order valence-corrected chi connectivity index (χ2v) is 12.7. The van der Waals surface area contributed by atoms with Crippen LogP contribution in [0.15, 0.2) is 11.8 Å². The summed E-state index contributed by atoms with van der Waals surface area (Å²) in [5.74, 6) is 7.92. The summed E-state index contributed by atoms with van der Waals surface area (Å²) in [7, 11) is 0. The molecule has 10 atom stereocenters. The lowest BCUT2D eigenvalue weighted by atomic mass is 9.47. The first-order chi connectivity index (χ1) is 15.8. The Morgan fingerprint density at radius 2 is 1.94 bits per heavy atom. The van der Waals surface area contributed by atoms with Crippen LogP contribution in [0.3, 0.4) is 0 Å². The molecule has 1 aromatic heterocycles. The zero-order valence-electron chi connectivity index (χ0n) is 20.3. The third kappa shape index (κ3) is 3.21. The predicted molar refractivity (Wildman–Crippen MR) is 124 cm³/mol. The number of hydrogen-bond acceptors (Lipinski definition) is 4. The smallest absolute Gasteiger partial charge is 0.125 e. The van der Waals surface area contributed by atoms with Gasteiger partial charge in [-0.1, -0.05) is 6.92 Å². The van der Waals surface area contributed by atoms with Crippen LogP contribution in [-0.2, 0) is 11.3 Å². The maximum Gasteiger partial charge on any atom is 0.125 e. The maximum atomic E-state index is 12.3. The van der Waals surface area contributed by atoms with E-state index in [1.165, 1.54) is 38.5 Å². The predicted octanol–water partition coefficient (Wildman–Crippen LogP) is 4.70. The van der Waals surface area contributed by atoms with Crippen LogP contribution in [0.4, 0.5) is 0 Å². The average molecular weight is 448 g/mol. The van der Waals surface area contributed by atoms with Crippen molar-refractivity contribution in [3.05, 3.63) is 23.0 Å². The highest BCUT2D eigenvalue weighted by atomic mass is 16.3. The first-order valence-electron chi connectivity index (χ1n) is 13.2. The Kier molecular flexibility index (Phi) is 4.79. The summed E-state index contributed by atoms with van der Waals surface area (Å²) in [6.07, 6.45) is 11.3. The number of hydrogen-bond donors (Lipinski definition) is 1. The molecule has 5 heteroatoms. The maximum absolute atomic E-state index is 12.3. The van der Waals surface area contributed by atoms with Gasteiger partial charge in [0.2, 0.25) is 0 Å². The summed E-state index contributed by atoms with van der Waals surface area (Å²) in [4.78, 5) is 12.3. The lowest BCUT2D eigenvalue weighted by Gasteiger charge is -2.58. The zero-order chi connectivity index (χ0) is 23.1. The van der Waals surface area contributed by atoms with E-state index in [9.17, 15) is 15.2 Å². The van der Waals surface area contributed by atoms with Gasteiger partial charge in [0.05, 0.1) is 23.4 Å². The molecule has 5 aliphatic carbocycles. The van der Waals surface area contributed by atoms with E-state index in [0.29, 0.717) is 29.9 Å². The van der Waals surface area contributed by atoms with E-state index >= 15 is 0 Å². The summed E-state index contributed by atoms with van der Waals surface area (Å²) in [5, 5.41) is 24.5. The molecule has 0 amide bonds. The molecular weight excluding hydrogens is 410 g/mol. The first kappa shape index (κ1) is 21.6. The van der Waals surface area contributed by atoms with Gasteiger partial charge in [0.1, 0.15) is 12.0 Å². The van der Waals surface area contributed by atoms with Crippen molar-refractivity contribution in [3.63, 3.8) is 0 Å². The van der Waals surface area contributed by atoms with Crippen LogP contribution in [-0.4, -0.2) is 26.4 Å². The molecular formula is C28H37N3O2. The molecule has 6 rings (SSSR count). The third-order valence-electron chi connectivity index (χ3n) is 10.9. The van der Waals surface area contributed by atoms with Crippen LogP contribution in [0.5, 0.6) is 0 Å². The van der Waals surface area contributed by atoms with Gasteiger partial charge >= 0.3 is 0 Å². The summed E-state index contributed by atoms with van der Waals surface area (Å²) in [6.45, 7) is 6.84. The standard InChI is InChI=1S/C28H37N3O2/c1-16-18(12-29)13-31(30-16)14-19(15-32)25-23-10-24(23)26-22-5-4-17-11-27(2,33)8-6-20(17)21(22)7-9-28(25,26)3/h13,17,20-26,33H,4-11,14H2,1-3H3/t17-,20+,21-,22-,23+,24-,25+,26-,27-,28-/m1/s1. The summed E-state index contributed by atoms with van der Waals surface area (Å²) < 4.78 is 1.78. The molecule has 0 bridgehead atoms. The number of aliphatic hydroxyl groups is 1. The average Bonchev–Trinajstić information content (AvgIpc) is 3.37. The van der Waals surface area contributed by atoms with Crippen LogP contribution >= 0.6 is 0 Å². The van der Waals surface area contributed by atoms with Crippen LogP contribution in [0.25, 0.3) is 0 Å². The van der Waals surface area contributed by atoms with Crippen LogP contribution in [0, 0.1) is 71.0 Å².